The Kier molecular flexibility index (Phi) is 6.27. The first kappa shape index (κ1) is 22.9. The average Bonchev–Trinajstić information content (AvgIpc) is 3.17. The Balaban J connectivity index is 1.70. The van der Waals surface area contributed by atoms with E-state index in [2.05, 4.69) is 10.6 Å². The molecule has 6 nitrogen and oxygen atoms in total. The Morgan fingerprint density at radius 2 is 1.62 bits per heavy atom. The number of furan rings is 1. The van der Waals surface area contributed by atoms with Crippen LogP contribution in [0.25, 0.3) is 11.0 Å². The normalized spacial score (nSPS) is 11.3. The fourth-order valence-electron chi connectivity index (χ4n) is 3.40. The molecule has 9 heteroatoms. The molecule has 4 aromatic rings. The molecule has 1 heterocycles. The van der Waals surface area contributed by atoms with Crippen molar-refractivity contribution in [3.05, 3.63) is 89.7 Å². The van der Waals surface area contributed by atoms with Gasteiger partial charge in [-0.05, 0) is 36.4 Å². The van der Waals surface area contributed by atoms with Crippen LogP contribution in [0.1, 0.15) is 28.6 Å². The van der Waals surface area contributed by atoms with Crippen molar-refractivity contribution in [2.75, 3.05) is 10.6 Å². The van der Waals surface area contributed by atoms with Crippen LogP contribution in [0.4, 0.5) is 24.5 Å². The number of para-hydroxylation sites is 2. The molecular formula is C25H19F3N2O4. The molecule has 0 saturated carbocycles. The van der Waals surface area contributed by atoms with Crippen LogP contribution in [-0.4, -0.2) is 11.8 Å². The molecule has 0 aliphatic rings. The molecule has 3 aromatic carbocycles. The zero-order valence-corrected chi connectivity index (χ0v) is 17.9. The van der Waals surface area contributed by atoms with E-state index >= 15 is 0 Å². The van der Waals surface area contributed by atoms with E-state index in [-0.39, 0.29) is 23.7 Å². The number of ether oxygens (including phenoxy) is 1. The zero-order chi connectivity index (χ0) is 24.3. The van der Waals surface area contributed by atoms with Crippen molar-refractivity contribution in [1.82, 2.24) is 0 Å². The molecule has 0 aliphatic heterocycles. The number of rotatable bonds is 6. The van der Waals surface area contributed by atoms with Gasteiger partial charge in [0.1, 0.15) is 17.9 Å². The summed E-state index contributed by atoms with van der Waals surface area (Å²) in [5, 5.41) is 5.50. The van der Waals surface area contributed by atoms with E-state index in [1.165, 1.54) is 6.92 Å². The third-order valence-corrected chi connectivity index (χ3v) is 4.94. The maximum absolute atomic E-state index is 13.3. The molecule has 0 aliphatic carbocycles. The Hall–Kier alpha value is -4.27. The predicted octanol–water partition coefficient (Wildman–Crippen LogP) is 6.24. The smallest absolute Gasteiger partial charge is 0.416 e. The summed E-state index contributed by atoms with van der Waals surface area (Å²) in [6.45, 7) is 1.20. The first-order valence-electron chi connectivity index (χ1n) is 10.2. The second-order valence-corrected chi connectivity index (χ2v) is 7.40. The highest BCUT2D eigenvalue weighted by Crippen LogP contribution is 2.35. The molecule has 0 atom stereocenters. The van der Waals surface area contributed by atoms with Gasteiger partial charge in [0.15, 0.2) is 5.76 Å². The van der Waals surface area contributed by atoms with Crippen LogP contribution in [0.15, 0.2) is 77.2 Å². The van der Waals surface area contributed by atoms with Crippen LogP contribution in [0.3, 0.4) is 0 Å². The topological polar surface area (TPSA) is 80.6 Å². The summed E-state index contributed by atoms with van der Waals surface area (Å²) < 4.78 is 51.3. The quantitative estimate of drug-likeness (QED) is 0.351. The highest BCUT2D eigenvalue weighted by molar-refractivity contribution is 6.08. The molecule has 0 bridgehead atoms. The van der Waals surface area contributed by atoms with Crippen LogP contribution >= 0.6 is 0 Å². The number of hydrogen-bond donors (Lipinski definition) is 2. The van der Waals surface area contributed by atoms with Crippen molar-refractivity contribution in [3.63, 3.8) is 0 Å². The van der Waals surface area contributed by atoms with E-state index in [4.69, 9.17) is 9.15 Å². The standard InChI is InChI=1S/C25H19F3N2O4/c1-15(31)29-20-12-11-16(25(26,27)28)13-21(20)30-24(32)23-19(14-33-17-7-3-2-4-8-17)18-9-5-6-10-22(18)34-23/h2-13H,14H2,1H3,(H,29,31)(H,30,32). The Morgan fingerprint density at radius 3 is 2.32 bits per heavy atom. The number of alkyl halides is 3. The number of halogens is 3. The van der Waals surface area contributed by atoms with Crippen molar-refractivity contribution in [3.8, 4) is 5.75 Å². The molecule has 4 rings (SSSR count). The number of nitrogens with one attached hydrogen (secondary N) is 2. The van der Waals surface area contributed by atoms with Gasteiger partial charge in [-0.1, -0.05) is 36.4 Å². The lowest BCUT2D eigenvalue weighted by molar-refractivity contribution is -0.137. The van der Waals surface area contributed by atoms with Crippen LogP contribution < -0.4 is 15.4 Å². The van der Waals surface area contributed by atoms with Crippen LogP contribution in [0.2, 0.25) is 0 Å². The molecule has 174 valence electrons. The number of benzene rings is 3. The number of hydrogen-bond acceptors (Lipinski definition) is 4. The van der Waals surface area contributed by atoms with Gasteiger partial charge in [-0.15, -0.1) is 0 Å². The highest BCUT2D eigenvalue weighted by Gasteiger charge is 2.32. The minimum absolute atomic E-state index is 0.00900. The fourth-order valence-corrected chi connectivity index (χ4v) is 3.40. The summed E-state index contributed by atoms with van der Waals surface area (Å²) in [4.78, 5) is 24.7. The third kappa shape index (κ3) is 5.03. The van der Waals surface area contributed by atoms with Gasteiger partial charge in [-0.2, -0.15) is 13.2 Å². The number of amides is 2. The maximum atomic E-state index is 13.3. The molecule has 2 amide bonds. The van der Waals surface area contributed by atoms with Crippen LogP contribution in [-0.2, 0) is 17.6 Å². The fraction of sp³-hybridized carbons (Fsp3) is 0.120. The van der Waals surface area contributed by atoms with Crippen molar-refractivity contribution in [2.24, 2.45) is 0 Å². The largest absolute Gasteiger partial charge is 0.489 e. The summed E-state index contributed by atoms with van der Waals surface area (Å²) in [6.07, 6.45) is -4.64. The number of fused-ring (bicyclic) bond motifs is 1. The number of carbonyl (C=O) groups excluding carboxylic acids is 2. The van der Waals surface area contributed by atoms with Gasteiger partial charge in [0.2, 0.25) is 5.91 Å². The van der Waals surface area contributed by atoms with Gasteiger partial charge >= 0.3 is 6.18 Å². The maximum Gasteiger partial charge on any atom is 0.416 e. The molecule has 0 saturated heterocycles. The minimum atomic E-state index is -4.64. The van der Waals surface area contributed by atoms with E-state index in [1.807, 2.05) is 6.07 Å². The summed E-state index contributed by atoms with van der Waals surface area (Å²) in [5.74, 6) is -0.821. The van der Waals surface area contributed by atoms with Crippen molar-refractivity contribution >= 4 is 34.2 Å². The average molecular weight is 468 g/mol. The second-order valence-electron chi connectivity index (χ2n) is 7.40. The van der Waals surface area contributed by atoms with Crippen molar-refractivity contribution < 1.29 is 31.9 Å². The second kappa shape index (κ2) is 9.30. The molecular weight excluding hydrogens is 449 g/mol. The van der Waals surface area contributed by atoms with E-state index < -0.39 is 23.6 Å². The SMILES string of the molecule is CC(=O)Nc1ccc(C(F)(F)F)cc1NC(=O)c1oc2ccccc2c1COc1ccccc1. The van der Waals surface area contributed by atoms with E-state index in [9.17, 15) is 22.8 Å². The van der Waals surface area contributed by atoms with Crippen molar-refractivity contribution in [2.45, 2.75) is 19.7 Å². The van der Waals surface area contributed by atoms with Crippen LogP contribution in [0.5, 0.6) is 5.75 Å². The van der Waals surface area contributed by atoms with Gasteiger partial charge in [0.25, 0.3) is 5.91 Å². The summed E-state index contributed by atoms with van der Waals surface area (Å²) >= 11 is 0. The molecule has 0 radical (unpaired) electrons. The summed E-state index contributed by atoms with van der Waals surface area (Å²) in [7, 11) is 0. The lowest BCUT2D eigenvalue weighted by atomic mass is 10.1. The van der Waals surface area contributed by atoms with Crippen molar-refractivity contribution in [1.29, 1.82) is 0 Å². The Labute approximate surface area is 192 Å². The summed E-state index contributed by atoms with van der Waals surface area (Å²) in [5.41, 5.74) is -0.318. The lowest BCUT2D eigenvalue weighted by Crippen LogP contribution is -2.17. The van der Waals surface area contributed by atoms with E-state index in [0.29, 0.717) is 22.3 Å². The first-order valence-corrected chi connectivity index (χ1v) is 10.2. The van der Waals surface area contributed by atoms with Gasteiger partial charge in [-0.25, -0.2) is 0 Å². The van der Waals surface area contributed by atoms with Gasteiger partial charge in [-0.3, -0.25) is 9.59 Å². The molecule has 0 fully saturated rings. The molecule has 0 unspecified atom stereocenters. The first-order chi connectivity index (χ1) is 16.2. The minimum Gasteiger partial charge on any atom is -0.489 e. The monoisotopic (exact) mass is 468 g/mol. The highest BCUT2D eigenvalue weighted by atomic mass is 19.4. The molecule has 0 spiro atoms. The van der Waals surface area contributed by atoms with Gasteiger partial charge < -0.3 is 19.8 Å². The van der Waals surface area contributed by atoms with E-state index in [1.54, 1.807) is 48.5 Å². The zero-order valence-electron chi connectivity index (χ0n) is 17.9. The Morgan fingerprint density at radius 1 is 0.912 bits per heavy atom. The molecule has 1 aromatic heterocycles. The molecule has 34 heavy (non-hydrogen) atoms. The lowest BCUT2D eigenvalue weighted by Gasteiger charge is -2.15. The van der Waals surface area contributed by atoms with Gasteiger partial charge in [0.05, 0.1) is 16.9 Å². The van der Waals surface area contributed by atoms with E-state index in [0.717, 1.165) is 18.2 Å². The summed E-state index contributed by atoms with van der Waals surface area (Å²) in [6, 6.07) is 18.5. The third-order valence-electron chi connectivity index (χ3n) is 4.94. The number of anilines is 2. The van der Waals surface area contributed by atoms with Crippen LogP contribution in [0, 0.1) is 0 Å². The number of carbonyl (C=O) groups is 2. The van der Waals surface area contributed by atoms with Gasteiger partial charge in [0, 0.05) is 17.9 Å². The predicted molar refractivity (Wildman–Crippen MR) is 121 cm³/mol. The molecule has 2 N–H and O–H groups in total. The Bertz CT molecular complexity index is 1350.